The summed E-state index contributed by atoms with van der Waals surface area (Å²) in [7, 11) is 1.60. The van der Waals surface area contributed by atoms with Gasteiger partial charge < -0.3 is 9.47 Å². The molecule has 0 saturated carbocycles. The van der Waals surface area contributed by atoms with Crippen LogP contribution in [0.4, 0.5) is 0 Å². The molecule has 92 valence electrons. The lowest BCUT2D eigenvalue weighted by Crippen LogP contribution is -2.37. The predicted octanol–water partition coefficient (Wildman–Crippen LogP) is 3.08. The number of methoxy groups -OCH3 is 1. The molecule has 0 N–H and O–H groups in total. The molecule has 2 rings (SSSR count). The van der Waals surface area contributed by atoms with Gasteiger partial charge in [-0.05, 0) is 17.5 Å². The highest BCUT2D eigenvalue weighted by Crippen LogP contribution is 2.36. The van der Waals surface area contributed by atoms with E-state index in [1.54, 1.807) is 25.3 Å². The Morgan fingerprint density at radius 1 is 1.35 bits per heavy atom. The Morgan fingerprint density at radius 2 is 2.06 bits per heavy atom. The van der Waals surface area contributed by atoms with Crippen molar-refractivity contribution in [2.24, 2.45) is 5.41 Å². The van der Waals surface area contributed by atoms with Crippen LogP contribution >= 0.6 is 0 Å². The zero-order valence-corrected chi connectivity index (χ0v) is 10.7. The molecule has 1 atom stereocenters. The number of carbonyl (C=O) groups excluding carboxylic acids is 1. The zero-order chi connectivity index (χ0) is 12.6. The first-order valence-electron chi connectivity index (χ1n) is 5.79. The summed E-state index contributed by atoms with van der Waals surface area (Å²) < 4.78 is 11.1. The maximum atomic E-state index is 12.0. The third kappa shape index (κ3) is 2.28. The highest BCUT2D eigenvalue weighted by atomic mass is 16.5. The van der Waals surface area contributed by atoms with Gasteiger partial charge in [-0.25, -0.2) is 0 Å². The largest absolute Gasteiger partial charge is 0.497 e. The summed E-state index contributed by atoms with van der Waals surface area (Å²) in [5.41, 5.74) is 0.613. The van der Waals surface area contributed by atoms with E-state index >= 15 is 0 Å². The first-order chi connectivity index (χ1) is 7.91. The summed E-state index contributed by atoms with van der Waals surface area (Å²) >= 11 is 0. The van der Waals surface area contributed by atoms with Crippen LogP contribution in [0.2, 0.25) is 0 Å². The Bertz CT molecular complexity index is 443. The van der Waals surface area contributed by atoms with E-state index in [-0.39, 0.29) is 17.3 Å². The molecule has 1 aliphatic rings. The smallest absolute Gasteiger partial charge is 0.170 e. The number of ether oxygens (including phenoxy) is 2. The quantitative estimate of drug-likeness (QED) is 0.749. The van der Waals surface area contributed by atoms with E-state index in [9.17, 15) is 4.79 Å². The summed E-state index contributed by atoms with van der Waals surface area (Å²) in [6, 6.07) is 5.35. The van der Waals surface area contributed by atoms with Crippen molar-refractivity contribution in [3.63, 3.8) is 0 Å². The fourth-order valence-corrected chi connectivity index (χ4v) is 1.91. The fraction of sp³-hybridized carbons (Fsp3) is 0.500. The molecule has 3 heteroatoms. The van der Waals surface area contributed by atoms with Gasteiger partial charge in [0.1, 0.15) is 17.6 Å². The van der Waals surface area contributed by atoms with Crippen LogP contribution in [0, 0.1) is 5.41 Å². The van der Waals surface area contributed by atoms with Crippen LogP contribution < -0.4 is 9.47 Å². The molecule has 3 nitrogen and oxygen atoms in total. The molecule has 0 amide bonds. The van der Waals surface area contributed by atoms with Gasteiger partial charge in [0.2, 0.25) is 0 Å². The molecule has 0 saturated heterocycles. The van der Waals surface area contributed by atoms with Gasteiger partial charge in [-0.1, -0.05) is 20.8 Å². The van der Waals surface area contributed by atoms with Gasteiger partial charge >= 0.3 is 0 Å². The van der Waals surface area contributed by atoms with Crippen LogP contribution in [0.5, 0.6) is 11.5 Å². The Hall–Kier alpha value is -1.51. The minimum Gasteiger partial charge on any atom is -0.497 e. The topological polar surface area (TPSA) is 35.5 Å². The normalized spacial score (nSPS) is 19.5. The van der Waals surface area contributed by atoms with Crippen molar-refractivity contribution in [2.75, 3.05) is 7.11 Å². The molecular weight excluding hydrogens is 216 g/mol. The van der Waals surface area contributed by atoms with Crippen molar-refractivity contribution in [3.8, 4) is 11.5 Å². The number of benzene rings is 1. The van der Waals surface area contributed by atoms with Crippen LogP contribution in [-0.2, 0) is 0 Å². The minimum absolute atomic E-state index is 0.0452. The first-order valence-corrected chi connectivity index (χ1v) is 5.79. The molecule has 0 aromatic heterocycles. The third-order valence-corrected chi connectivity index (χ3v) is 3.10. The first kappa shape index (κ1) is 12.0. The average Bonchev–Trinajstić information content (AvgIpc) is 2.27. The van der Waals surface area contributed by atoms with Crippen molar-refractivity contribution in [1.29, 1.82) is 0 Å². The molecule has 0 spiro atoms. The van der Waals surface area contributed by atoms with Crippen LogP contribution in [-0.4, -0.2) is 19.0 Å². The lowest BCUT2D eigenvalue weighted by atomic mass is 9.83. The summed E-state index contributed by atoms with van der Waals surface area (Å²) in [5.74, 6) is 1.50. The monoisotopic (exact) mass is 234 g/mol. The van der Waals surface area contributed by atoms with Crippen LogP contribution in [0.1, 0.15) is 37.6 Å². The molecule has 1 unspecified atom stereocenters. The van der Waals surface area contributed by atoms with Gasteiger partial charge in [-0.2, -0.15) is 0 Å². The molecule has 0 radical (unpaired) electrons. The SMILES string of the molecule is COc1ccc2c(c1)OC(C(C)(C)C)CC2=O. The highest BCUT2D eigenvalue weighted by molar-refractivity contribution is 6.00. The van der Waals surface area contributed by atoms with Gasteiger partial charge in [0.25, 0.3) is 0 Å². The maximum Gasteiger partial charge on any atom is 0.170 e. The van der Waals surface area contributed by atoms with Crippen molar-refractivity contribution in [3.05, 3.63) is 23.8 Å². The molecule has 17 heavy (non-hydrogen) atoms. The number of hydrogen-bond acceptors (Lipinski definition) is 3. The van der Waals surface area contributed by atoms with E-state index in [0.717, 1.165) is 0 Å². The van der Waals surface area contributed by atoms with E-state index in [1.165, 1.54) is 0 Å². The van der Waals surface area contributed by atoms with Gasteiger partial charge in [0.15, 0.2) is 5.78 Å². The fourth-order valence-electron chi connectivity index (χ4n) is 1.91. The minimum atomic E-state index is -0.0744. The molecule has 0 aliphatic carbocycles. The second-order valence-corrected chi connectivity index (χ2v) is 5.46. The van der Waals surface area contributed by atoms with E-state index in [4.69, 9.17) is 9.47 Å². The average molecular weight is 234 g/mol. The molecule has 0 fully saturated rings. The van der Waals surface area contributed by atoms with E-state index < -0.39 is 0 Å². The van der Waals surface area contributed by atoms with Crippen molar-refractivity contribution >= 4 is 5.78 Å². The molecule has 0 bridgehead atoms. The van der Waals surface area contributed by atoms with E-state index in [1.807, 2.05) is 0 Å². The number of hydrogen-bond donors (Lipinski definition) is 0. The van der Waals surface area contributed by atoms with Crippen molar-refractivity contribution < 1.29 is 14.3 Å². The number of carbonyl (C=O) groups is 1. The number of Topliss-reactive ketones (excluding diaryl/α,β-unsaturated/α-hetero) is 1. The maximum absolute atomic E-state index is 12.0. The zero-order valence-electron chi connectivity index (χ0n) is 10.7. The van der Waals surface area contributed by atoms with Gasteiger partial charge in [0.05, 0.1) is 12.7 Å². The van der Waals surface area contributed by atoms with Crippen LogP contribution in [0.25, 0.3) is 0 Å². The Labute approximate surface area is 102 Å². The van der Waals surface area contributed by atoms with E-state index in [2.05, 4.69) is 20.8 Å². The molecule has 1 aromatic rings. The number of ketones is 1. The summed E-state index contributed by atoms with van der Waals surface area (Å²) in [4.78, 5) is 12.0. The lowest BCUT2D eigenvalue weighted by Gasteiger charge is -2.34. The summed E-state index contributed by atoms with van der Waals surface area (Å²) in [6.07, 6.45) is 0.373. The lowest BCUT2D eigenvalue weighted by molar-refractivity contribution is 0.0543. The van der Waals surface area contributed by atoms with Crippen molar-refractivity contribution in [1.82, 2.24) is 0 Å². The van der Waals surface area contributed by atoms with Crippen molar-refractivity contribution in [2.45, 2.75) is 33.3 Å². The number of fused-ring (bicyclic) bond motifs is 1. The van der Waals surface area contributed by atoms with Gasteiger partial charge in [-0.3, -0.25) is 4.79 Å². The Balaban J connectivity index is 2.37. The predicted molar refractivity (Wildman–Crippen MR) is 65.8 cm³/mol. The van der Waals surface area contributed by atoms with Gasteiger partial charge in [-0.15, -0.1) is 0 Å². The standard InChI is InChI=1S/C14H18O3/c1-14(2,3)13-8-11(15)10-6-5-9(16-4)7-12(10)17-13/h5-7,13H,8H2,1-4H3. The summed E-state index contributed by atoms with van der Waals surface area (Å²) in [5, 5.41) is 0. The second-order valence-electron chi connectivity index (χ2n) is 5.46. The highest BCUT2D eigenvalue weighted by Gasteiger charge is 2.34. The van der Waals surface area contributed by atoms with E-state index in [0.29, 0.717) is 23.5 Å². The van der Waals surface area contributed by atoms with Crippen LogP contribution in [0.3, 0.4) is 0 Å². The molecule has 1 aliphatic heterocycles. The third-order valence-electron chi connectivity index (χ3n) is 3.10. The van der Waals surface area contributed by atoms with Gasteiger partial charge in [0, 0.05) is 12.5 Å². The molecule has 1 aromatic carbocycles. The summed E-state index contributed by atoms with van der Waals surface area (Å²) in [6.45, 7) is 6.24. The molecule has 1 heterocycles. The Morgan fingerprint density at radius 3 is 2.65 bits per heavy atom. The number of rotatable bonds is 1. The molecular formula is C14H18O3. The Kier molecular flexibility index (Phi) is 2.86. The van der Waals surface area contributed by atoms with Crippen LogP contribution in [0.15, 0.2) is 18.2 Å². The second kappa shape index (κ2) is 4.06.